The van der Waals surface area contributed by atoms with Crippen molar-refractivity contribution in [2.75, 3.05) is 26.4 Å². The maximum Gasteiger partial charge on any atom is 0.472 e. The second-order valence-corrected chi connectivity index (χ2v) is 21.2. The molecule has 2 N–H and O–H groups in total. The highest BCUT2D eigenvalue weighted by Crippen LogP contribution is 2.43. The summed E-state index contributed by atoms with van der Waals surface area (Å²) in [4.78, 5) is 48.6. The number of phosphoric acid groups is 1. The minimum absolute atomic E-state index is 0.150. The van der Waals surface area contributed by atoms with Crippen molar-refractivity contribution in [3.63, 3.8) is 0 Å². The molecule has 0 spiro atoms. The number of hydrogen-bond donors (Lipinski definition) is 2. The van der Waals surface area contributed by atoms with E-state index in [2.05, 4.69) is 118 Å². The van der Waals surface area contributed by atoms with Gasteiger partial charge >= 0.3 is 25.7 Å². The van der Waals surface area contributed by atoms with Gasteiger partial charge in [-0.1, -0.05) is 214 Å². The molecule has 0 aromatic carbocycles. The highest BCUT2D eigenvalue weighted by molar-refractivity contribution is 7.47. The Morgan fingerprint density at radius 1 is 0.382 bits per heavy atom. The van der Waals surface area contributed by atoms with Crippen molar-refractivity contribution >= 4 is 25.7 Å². The Morgan fingerprint density at radius 3 is 1.11 bits per heavy atom. The summed E-state index contributed by atoms with van der Waals surface area (Å²) in [6.45, 7) is 4.41. The zero-order valence-electron chi connectivity index (χ0n) is 48.2. The molecule has 436 valence electrons. The summed E-state index contributed by atoms with van der Waals surface area (Å²) in [7, 11) is -4.76. The molecule has 12 heteroatoms. The minimum atomic E-state index is -4.76. The van der Waals surface area contributed by atoms with Gasteiger partial charge in [-0.25, -0.2) is 4.57 Å². The summed E-state index contributed by atoms with van der Waals surface area (Å²) in [6.07, 6.45) is 67.8. The summed E-state index contributed by atoms with van der Waals surface area (Å²) in [5.74, 6) is -1.51. The third kappa shape index (κ3) is 55.2. The normalized spacial score (nSPS) is 14.0. The number of unbranched alkanes of at least 4 members (excludes halogenated alkanes) is 22. The molecule has 0 aliphatic carbocycles. The summed E-state index contributed by atoms with van der Waals surface area (Å²) < 4.78 is 39.6. The first kappa shape index (κ1) is 72.4. The molecule has 76 heavy (non-hydrogen) atoms. The van der Waals surface area contributed by atoms with E-state index in [0.29, 0.717) is 19.3 Å². The number of rotatable bonds is 55. The van der Waals surface area contributed by atoms with Gasteiger partial charge in [-0.3, -0.25) is 23.4 Å². The monoisotopic (exact) mass is 1080 g/mol. The molecular formula is C64H109O11P. The summed E-state index contributed by atoms with van der Waals surface area (Å²) in [6, 6.07) is 0. The SMILES string of the molecule is CC/C=C\C/C=C\C/C=C\C/C=C\CCCCCCCCC(=O)OCC(COP(=O)(O)OCC(CO)OC(=O)CCCCCCC/C=C\C/C=C\CCC)OC(=O)CCCCCCCCC/C=C\C/C=C\CCCCC. The number of carbonyl (C=O) groups is 3. The van der Waals surface area contributed by atoms with Crippen LogP contribution in [0.25, 0.3) is 0 Å². The molecule has 3 unspecified atom stereocenters. The van der Waals surface area contributed by atoms with E-state index in [1.165, 1.54) is 38.5 Å². The van der Waals surface area contributed by atoms with Gasteiger partial charge in [-0.15, -0.1) is 0 Å². The second kappa shape index (κ2) is 57.6. The van der Waals surface area contributed by atoms with Gasteiger partial charge in [0.05, 0.1) is 19.8 Å². The first-order valence-electron chi connectivity index (χ1n) is 30.1. The van der Waals surface area contributed by atoms with Crippen LogP contribution >= 0.6 is 7.82 Å². The van der Waals surface area contributed by atoms with E-state index in [-0.39, 0.29) is 25.9 Å². The summed E-state index contributed by atoms with van der Waals surface area (Å²) >= 11 is 0. The van der Waals surface area contributed by atoms with Gasteiger partial charge < -0.3 is 24.2 Å². The molecule has 0 heterocycles. The van der Waals surface area contributed by atoms with Gasteiger partial charge in [0.1, 0.15) is 12.7 Å². The van der Waals surface area contributed by atoms with Crippen molar-refractivity contribution in [3.8, 4) is 0 Å². The molecule has 3 atom stereocenters. The zero-order valence-corrected chi connectivity index (χ0v) is 49.1. The number of ether oxygens (including phenoxy) is 3. The lowest BCUT2D eigenvalue weighted by Crippen LogP contribution is -2.30. The van der Waals surface area contributed by atoms with Gasteiger partial charge in [-0.2, -0.15) is 0 Å². The lowest BCUT2D eigenvalue weighted by molar-refractivity contribution is -0.161. The maximum atomic E-state index is 12.9. The van der Waals surface area contributed by atoms with Crippen LogP contribution in [-0.2, 0) is 42.2 Å². The topological polar surface area (TPSA) is 155 Å². The van der Waals surface area contributed by atoms with E-state index in [4.69, 9.17) is 23.3 Å². The smallest absolute Gasteiger partial charge is 0.462 e. The average Bonchev–Trinajstić information content (AvgIpc) is 3.41. The number of carbonyl (C=O) groups excluding carboxylic acids is 3. The molecule has 0 bridgehead atoms. The van der Waals surface area contributed by atoms with Crippen LogP contribution in [0.15, 0.2) is 97.2 Å². The number of esters is 3. The predicted octanol–water partition coefficient (Wildman–Crippen LogP) is 18.0. The van der Waals surface area contributed by atoms with Crippen molar-refractivity contribution in [1.82, 2.24) is 0 Å². The number of allylic oxidation sites excluding steroid dienone is 16. The van der Waals surface area contributed by atoms with Gasteiger partial charge in [0, 0.05) is 19.3 Å². The Bertz CT molecular complexity index is 1640. The van der Waals surface area contributed by atoms with Crippen LogP contribution in [0.2, 0.25) is 0 Å². The van der Waals surface area contributed by atoms with Crippen molar-refractivity contribution in [1.29, 1.82) is 0 Å². The third-order valence-electron chi connectivity index (χ3n) is 12.4. The molecule has 0 radical (unpaired) electrons. The van der Waals surface area contributed by atoms with Crippen molar-refractivity contribution < 1.29 is 52.2 Å². The molecule has 0 aromatic heterocycles. The van der Waals surface area contributed by atoms with E-state index in [9.17, 15) is 28.9 Å². The van der Waals surface area contributed by atoms with Crippen LogP contribution in [0.5, 0.6) is 0 Å². The lowest BCUT2D eigenvalue weighted by Gasteiger charge is -2.21. The van der Waals surface area contributed by atoms with E-state index in [1.54, 1.807) is 0 Å². The highest BCUT2D eigenvalue weighted by Gasteiger charge is 2.28. The second-order valence-electron chi connectivity index (χ2n) is 19.8. The first-order valence-corrected chi connectivity index (χ1v) is 31.6. The van der Waals surface area contributed by atoms with Crippen LogP contribution < -0.4 is 0 Å². The molecule has 0 saturated carbocycles. The molecule has 0 amide bonds. The van der Waals surface area contributed by atoms with Crippen LogP contribution in [-0.4, -0.2) is 66.5 Å². The maximum absolute atomic E-state index is 12.9. The third-order valence-corrected chi connectivity index (χ3v) is 13.4. The Hall–Kier alpha value is -3.60. The van der Waals surface area contributed by atoms with Crippen LogP contribution in [0.3, 0.4) is 0 Å². The summed E-state index contributed by atoms with van der Waals surface area (Å²) in [5, 5.41) is 9.82. The number of hydrogen-bond acceptors (Lipinski definition) is 10. The van der Waals surface area contributed by atoms with Gasteiger partial charge in [0.15, 0.2) is 6.10 Å². The molecule has 11 nitrogen and oxygen atoms in total. The van der Waals surface area contributed by atoms with Crippen molar-refractivity contribution in [3.05, 3.63) is 97.2 Å². The molecule has 0 fully saturated rings. The van der Waals surface area contributed by atoms with Crippen molar-refractivity contribution in [2.45, 2.75) is 264 Å². The fourth-order valence-corrected chi connectivity index (χ4v) is 8.67. The predicted molar refractivity (Wildman–Crippen MR) is 316 cm³/mol. The number of aliphatic hydroxyl groups excluding tert-OH is 1. The summed E-state index contributed by atoms with van der Waals surface area (Å²) in [5.41, 5.74) is 0. The molecule has 0 rings (SSSR count). The van der Waals surface area contributed by atoms with Crippen molar-refractivity contribution in [2.24, 2.45) is 0 Å². The van der Waals surface area contributed by atoms with E-state index in [1.807, 2.05) is 0 Å². The molecule has 0 aromatic rings. The fraction of sp³-hybridized carbons (Fsp3) is 0.703. The minimum Gasteiger partial charge on any atom is -0.462 e. The van der Waals surface area contributed by atoms with E-state index >= 15 is 0 Å². The first-order chi connectivity index (χ1) is 37.2. The van der Waals surface area contributed by atoms with Crippen LogP contribution in [0, 0.1) is 0 Å². The Kier molecular flexibility index (Phi) is 54.8. The number of aliphatic hydroxyl groups is 1. The zero-order chi connectivity index (χ0) is 55.5. The lowest BCUT2D eigenvalue weighted by atomic mass is 10.1. The number of phosphoric ester groups is 1. The molecule has 0 saturated heterocycles. The standard InChI is InChI=1S/C64H109O11P/c1-4-7-10-13-16-19-22-25-27-29-30-32-33-36-38-41-44-47-50-53-62(66)71-57-61(75-64(68)55-52-49-46-43-40-37-34-31-28-26-23-20-17-14-11-8-5-2)59-73-76(69,70)72-58-60(56-65)74-63(67)54-51-48-45-42-39-35-24-21-18-15-12-9-6-3/h7,10,12,15-17,19-21,24-28,30,32,60-61,65H,4-6,8-9,11,13-14,18,22-23,29,31,33-59H2,1-3H3,(H,69,70)/b10-7-,15-12-,19-16-,20-17-,24-21-,27-25-,28-26-,32-30-. The van der Waals surface area contributed by atoms with Gasteiger partial charge in [-0.05, 0) is 116 Å². The van der Waals surface area contributed by atoms with E-state index in [0.717, 1.165) is 154 Å². The van der Waals surface area contributed by atoms with Crippen LogP contribution in [0.4, 0.5) is 0 Å². The molecule has 0 aliphatic rings. The average molecular weight is 1090 g/mol. The highest BCUT2D eigenvalue weighted by atomic mass is 31.2. The Morgan fingerprint density at radius 2 is 0.711 bits per heavy atom. The molecular weight excluding hydrogens is 976 g/mol. The quantitative estimate of drug-likeness (QED) is 0.0197. The van der Waals surface area contributed by atoms with Gasteiger partial charge in [0.25, 0.3) is 0 Å². The Balaban J connectivity index is 4.77. The van der Waals surface area contributed by atoms with Gasteiger partial charge in [0.2, 0.25) is 0 Å². The largest absolute Gasteiger partial charge is 0.472 e. The fourth-order valence-electron chi connectivity index (χ4n) is 7.89. The Labute approximate surface area is 463 Å². The molecule has 0 aliphatic heterocycles. The van der Waals surface area contributed by atoms with E-state index < -0.39 is 57.8 Å². The van der Waals surface area contributed by atoms with Crippen LogP contribution in [0.1, 0.15) is 252 Å².